The number of carbonyl (C=O) groups excluding carboxylic acids is 1. The van der Waals surface area contributed by atoms with Crippen molar-refractivity contribution in [3.63, 3.8) is 0 Å². The molecule has 1 heterocycles. The van der Waals surface area contributed by atoms with Gasteiger partial charge < -0.3 is 11.1 Å². The zero-order chi connectivity index (χ0) is 13.2. The molecule has 96 valence electrons. The van der Waals surface area contributed by atoms with Gasteiger partial charge in [-0.3, -0.25) is 9.48 Å². The van der Waals surface area contributed by atoms with Crippen LogP contribution in [-0.4, -0.2) is 21.7 Å². The maximum absolute atomic E-state index is 12.5. The Labute approximate surface area is 95.8 Å². The Hall–Kier alpha value is -1.57. The smallest absolute Gasteiger partial charge is 0.351 e. The highest BCUT2D eigenvalue weighted by Gasteiger charge is 2.36. The summed E-state index contributed by atoms with van der Waals surface area (Å²) in [6, 6.07) is -0.763. The Morgan fingerprint density at radius 2 is 2.24 bits per heavy atom. The summed E-state index contributed by atoms with van der Waals surface area (Å²) in [6.45, 7) is 1.20. The number of halogens is 3. The van der Waals surface area contributed by atoms with Gasteiger partial charge in [0.25, 0.3) is 0 Å². The van der Waals surface area contributed by atoms with Crippen molar-refractivity contribution in [1.29, 1.82) is 0 Å². The Morgan fingerprint density at radius 1 is 1.65 bits per heavy atom. The lowest BCUT2D eigenvalue weighted by Gasteiger charge is -2.08. The van der Waals surface area contributed by atoms with Crippen LogP contribution in [0.4, 0.5) is 13.2 Å². The summed E-state index contributed by atoms with van der Waals surface area (Å²) in [7, 11) is 1.38. The average molecular weight is 250 g/mol. The van der Waals surface area contributed by atoms with Crippen molar-refractivity contribution in [3.8, 4) is 0 Å². The number of alkyl halides is 3. The Balaban J connectivity index is 2.81. The van der Waals surface area contributed by atoms with Crippen molar-refractivity contribution in [1.82, 2.24) is 15.1 Å². The fourth-order valence-corrected chi connectivity index (χ4v) is 1.25. The van der Waals surface area contributed by atoms with Crippen LogP contribution in [0.15, 0.2) is 6.20 Å². The van der Waals surface area contributed by atoms with Crippen molar-refractivity contribution < 1.29 is 18.0 Å². The molecule has 8 heteroatoms. The number of carbonyl (C=O) groups is 1. The van der Waals surface area contributed by atoms with E-state index < -0.39 is 23.8 Å². The van der Waals surface area contributed by atoms with Crippen LogP contribution < -0.4 is 11.1 Å². The number of hydrogen-bond donors (Lipinski definition) is 2. The quantitative estimate of drug-likeness (QED) is 0.815. The topological polar surface area (TPSA) is 72.9 Å². The Kier molecular flexibility index (Phi) is 3.76. The first-order valence-electron chi connectivity index (χ1n) is 4.85. The number of amides is 1. The first kappa shape index (κ1) is 13.5. The second-order valence-electron chi connectivity index (χ2n) is 3.68. The normalized spacial score (nSPS) is 13.5. The van der Waals surface area contributed by atoms with Gasteiger partial charge in [0.15, 0.2) is 5.69 Å². The highest BCUT2D eigenvalue weighted by atomic mass is 19.4. The highest BCUT2D eigenvalue weighted by molar-refractivity contribution is 5.80. The van der Waals surface area contributed by atoms with Gasteiger partial charge in [0.05, 0.1) is 6.04 Å². The second kappa shape index (κ2) is 4.74. The third-order valence-electron chi connectivity index (χ3n) is 2.04. The van der Waals surface area contributed by atoms with Gasteiger partial charge in [0.2, 0.25) is 5.91 Å². The molecule has 5 nitrogen and oxygen atoms in total. The standard InChI is InChI=1S/C9H13F3N4O/c1-5(13)8(17)14-3-6-4-16(2)15-7(6)9(10,11)12/h4-5H,3,13H2,1-2H3,(H,14,17)/t5-/m0/s1. The van der Waals surface area contributed by atoms with E-state index in [2.05, 4.69) is 10.4 Å². The maximum atomic E-state index is 12.5. The summed E-state index contributed by atoms with van der Waals surface area (Å²) in [5.41, 5.74) is 4.19. The van der Waals surface area contributed by atoms with Crippen molar-refractivity contribution in [2.75, 3.05) is 0 Å². The molecule has 0 aliphatic carbocycles. The predicted molar refractivity (Wildman–Crippen MR) is 53.7 cm³/mol. The third kappa shape index (κ3) is 3.45. The number of nitrogens with two attached hydrogens (primary N) is 1. The van der Waals surface area contributed by atoms with E-state index in [9.17, 15) is 18.0 Å². The predicted octanol–water partition coefficient (Wildman–Crippen LogP) is 0.402. The molecule has 1 amide bonds. The van der Waals surface area contributed by atoms with E-state index in [0.29, 0.717) is 0 Å². The first-order valence-corrected chi connectivity index (χ1v) is 4.85. The van der Waals surface area contributed by atoms with Gasteiger partial charge in [-0.05, 0) is 6.92 Å². The minimum atomic E-state index is -4.53. The molecule has 1 aromatic rings. The molecular weight excluding hydrogens is 237 g/mol. The van der Waals surface area contributed by atoms with Crippen molar-refractivity contribution in [2.24, 2.45) is 12.8 Å². The van der Waals surface area contributed by atoms with Gasteiger partial charge in [-0.25, -0.2) is 0 Å². The van der Waals surface area contributed by atoms with Crippen LogP contribution in [0.25, 0.3) is 0 Å². The van der Waals surface area contributed by atoms with Gasteiger partial charge in [-0.15, -0.1) is 0 Å². The lowest BCUT2D eigenvalue weighted by atomic mass is 10.2. The maximum Gasteiger partial charge on any atom is 0.435 e. The van der Waals surface area contributed by atoms with E-state index in [4.69, 9.17) is 5.73 Å². The molecule has 1 rings (SSSR count). The summed E-state index contributed by atoms with van der Waals surface area (Å²) < 4.78 is 38.6. The third-order valence-corrected chi connectivity index (χ3v) is 2.04. The Bertz CT molecular complexity index is 411. The van der Waals surface area contributed by atoms with E-state index in [1.807, 2.05) is 0 Å². The van der Waals surface area contributed by atoms with Crippen LogP contribution in [-0.2, 0) is 24.6 Å². The van der Waals surface area contributed by atoms with E-state index >= 15 is 0 Å². The van der Waals surface area contributed by atoms with E-state index in [0.717, 1.165) is 4.68 Å². The average Bonchev–Trinajstić information content (AvgIpc) is 2.55. The number of aryl methyl sites for hydroxylation is 1. The molecule has 17 heavy (non-hydrogen) atoms. The molecule has 0 fully saturated rings. The summed E-state index contributed by atoms with van der Waals surface area (Å²) in [5.74, 6) is -0.512. The SMILES string of the molecule is C[C@H](N)C(=O)NCc1cn(C)nc1C(F)(F)F. The monoisotopic (exact) mass is 250 g/mol. The van der Waals surface area contributed by atoms with Crippen molar-refractivity contribution in [3.05, 3.63) is 17.5 Å². The molecule has 0 radical (unpaired) electrons. The van der Waals surface area contributed by atoms with Crippen LogP contribution in [0.5, 0.6) is 0 Å². The van der Waals surface area contributed by atoms with Crippen LogP contribution >= 0.6 is 0 Å². The number of nitrogens with one attached hydrogen (secondary N) is 1. The van der Waals surface area contributed by atoms with Gasteiger partial charge in [0, 0.05) is 25.4 Å². The molecule has 1 aromatic heterocycles. The van der Waals surface area contributed by atoms with Crippen LogP contribution in [0.1, 0.15) is 18.2 Å². The van der Waals surface area contributed by atoms with Crippen molar-refractivity contribution >= 4 is 5.91 Å². The molecule has 0 spiro atoms. The summed E-state index contributed by atoms with van der Waals surface area (Å²) in [4.78, 5) is 11.1. The molecule has 1 atom stereocenters. The minimum absolute atomic E-state index is 0.0889. The molecule has 3 N–H and O–H groups in total. The fourth-order valence-electron chi connectivity index (χ4n) is 1.25. The van der Waals surface area contributed by atoms with Crippen molar-refractivity contribution in [2.45, 2.75) is 25.7 Å². The number of nitrogens with zero attached hydrogens (tertiary/aromatic N) is 2. The molecular formula is C9H13F3N4O. The molecule has 0 aromatic carbocycles. The molecule has 0 saturated carbocycles. The fraction of sp³-hybridized carbons (Fsp3) is 0.556. The van der Waals surface area contributed by atoms with E-state index in [-0.39, 0.29) is 12.1 Å². The molecule has 0 aliphatic heterocycles. The molecule has 0 bridgehead atoms. The van der Waals surface area contributed by atoms with Crippen LogP contribution in [0, 0.1) is 0 Å². The molecule has 0 aliphatic rings. The summed E-state index contributed by atoms with van der Waals surface area (Å²) in [5, 5.41) is 5.62. The summed E-state index contributed by atoms with van der Waals surface area (Å²) in [6.07, 6.45) is -3.32. The first-order chi connectivity index (χ1) is 7.71. The number of rotatable bonds is 3. The Morgan fingerprint density at radius 3 is 2.71 bits per heavy atom. The lowest BCUT2D eigenvalue weighted by molar-refractivity contribution is -0.142. The van der Waals surface area contributed by atoms with Gasteiger partial charge >= 0.3 is 6.18 Å². The van der Waals surface area contributed by atoms with Gasteiger partial charge in [-0.2, -0.15) is 18.3 Å². The van der Waals surface area contributed by atoms with Gasteiger partial charge in [-0.1, -0.05) is 0 Å². The summed E-state index contributed by atoms with van der Waals surface area (Å²) >= 11 is 0. The van der Waals surface area contributed by atoms with E-state index in [1.54, 1.807) is 0 Å². The van der Waals surface area contributed by atoms with Gasteiger partial charge in [0.1, 0.15) is 0 Å². The molecule has 0 saturated heterocycles. The zero-order valence-electron chi connectivity index (χ0n) is 9.38. The number of aromatic nitrogens is 2. The molecule has 0 unspecified atom stereocenters. The minimum Gasteiger partial charge on any atom is -0.351 e. The number of hydrogen-bond acceptors (Lipinski definition) is 3. The van der Waals surface area contributed by atoms with Crippen LogP contribution in [0.3, 0.4) is 0 Å². The lowest BCUT2D eigenvalue weighted by Crippen LogP contribution is -2.38. The second-order valence-corrected chi connectivity index (χ2v) is 3.68. The van der Waals surface area contributed by atoms with Crippen LogP contribution in [0.2, 0.25) is 0 Å². The zero-order valence-corrected chi connectivity index (χ0v) is 9.38. The highest BCUT2D eigenvalue weighted by Crippen LogP contribution is 2.30. The van der Waals surface area contributed by atoms with E-state index in [1.165, 1.54) is 20.2 Å². The largest absolute Gasteiger partial charge is 0.435 e.